The van der Waals surface area contributed by atoms with E-state index in [1.807, 2.05) is 0 Å². The van der Waals surface area contributed by atoms with Gasteiger partial charge in [0.25, 0.3) is 0 Å². The quantitative estimate of drug-likeness (QED) is 0.159. The molecule has 100 heavy (non-hydrogen) atoms. The highest BCUT2D eigenvalue weighted by molar-refractivity contribution is 6.29. The molecule has 0 unspecified atom stereocenters. The summed E-state index contributed by atoms with van der Waals surface area (Å²) in [6.45, 7) is 0. The maximum Gasteiger partial charge on any atom is 0.0754 e. The molecule has 2 nitrogen and oxygen atoms in total. The second-order valence-corrected chi connectivity index (χ2v) is 27.5. The molecule has 2 heterocycles. The number of anilines is 6. The van der Waals surface area contributed by atoms with Gasteiger partial charge >= 0.3 is 0 Å². The van der Waals surface area contributed by atoms with E-state index >= 15 is 0 Å². The Morgan fingerprint density at radius 1 is 0.150 bits per heavy atom. The van der Waals surface area contributed by atoms with Crippen molar-refractivity contribution in [2.75, 3.05) is 9.80 Å². The van der Waals surface area contributed by atoms with Gasteiger partial charge in [-0.2, -0.15) is 0 Å². The van der Waals surface area contributed by atoms with Crippen molar-refractivity contribution in [2.24, 2.45) is 0 Å². The van der Waals surface area contributed by atoms with Crippen LogP contribution in [0.1, 0.15) is 44.5 Å². The first-order chi connectivity index (χ1) is 49.7. The average Bonchev–Trinajstić information content (AvgIpc) is 1.43. The lowest BCUT2D eigenvalue weighted by Gasteiger charge is -2.45. The minimum absolute atomic E-state index is 0.579. The van der Waals surface area contributed by atoms with Gasteiger partial charge in [0.05, 0.1) is 45.0 Å². The fourth-order valence-corrected chi connectivity index (χ4v) is 19.3. The first-order valence-electron chi connectivity index (χ1n) is 35.0. The van der Waals surface area contributed by atoms with Crippen molar-refractivity contribution in [3.8, 4) is 55.6 Å². The van der Waals surface area contributed by atoms with Crippen LogP contribution in [0.4, 0.5) is 34.1 Å². The van der Waals surface area contributed by atoms with Crippen LogP contribution in [0.15, 0.2) is 364 Å². The molecule has 18 aromatic rings. The Labute approximate surface area is 579 Å². The lowest BCUT2D eigenvalue weighted by atomic mass is 9.64. The summed E-state index contributed by atoms with van der Waals surface area (Å²) in [6.07, 6.45) is 0. The van der Waals surface area contributed by atoms with Gasteiger partial charge in [-0.25, -0.2) is 0 Å². The molecule has 2 heteroatoms. The van der Waals surface area contributed by atoms with Gasteiger partial charge in [-0.1, -0.05) is 315 Å². The highest BCUT2D eigenvalue weighted by atomic mass is 15.2. The first kappa shape index (κ1) is 55.3. The summed E-state index contributed by atoms with van der Waals surface area (Å²) in [6, 6.07) is 139. The van der Waals surface area contributed by atoms with Crippen molar-refractivity contribution < 1.29 is 0 Å². The number of hydrogen-bond acceptors (Lipinski definition) is 2. The molecule has 4 aliphatic rings. The van der Waals surface area contributed by atoms with Crippen LogP contribution >= 0.6 is 0 Å². The normalized spacial score (nSPS) is 13.9. The molecule has 0 radical (unpaired) electrons. The molecule has 462 valence electrons. The predicted molar refractivity (Wildman–Crippen MR) is 419 cm³/mol. The lowest BCUT2D eigenvalue weighted by Crippen LogP contribution is -2.36. The lowest BCUT2D eigenvalue weighted by molar-refractivity contribution is 0.753. The Kier molecular flexibility index (Phi) is 11.5. The zero-order valence-electron chi connectivity index (χ0n) is 54.5. The number of benzene rings is 18. The third-order valence-corrected chi connectivity index (χ3v) is 23.0. The van der Waals surface area contributed by atoms with E-state index in [2.05, 4.69) is 374 Å². The molecule has 0 N–H and O–H groups in total. The van der Waals surface area contributed by atoms with Crippen LogP contribution in [-0.4, -0.2) is 0 Å². The topological polar surface area (TPSA) is 6.48 Å². The monoisotopic (exact) mass is 1260 g/mol. The highest BCUT2D eigenvalue weighted by Gasteiger charge is 2.53. The van der Waals surface area contributed by atoms with Crippen LogP contribution in [0.5, 0.6) is 0 Å². The van der Waals surface area contributed by atoms with Crippen LogP contribution in [0, 0.1) is 0 Å². The molecule has 0 bridgehead atoms. The number of para-hydroxylation sites is 4. The number of rotatable bonds is 5. The molecule has 2 aliphatic heterocycles. The summed E-state index contributed by atoms with van der Waals surface area (Å²) in [5.41, 5.74) is 28.4. The van der Waals surface area contributed by atoms with E-state index in [0.29, 0.717) is 0 Å². The standard InChI is InChI=1S/C98H60N2/c1-3-31-63-61(27-1)29-21-37-65(63)67-39-23-41-73-77(67)59-78-68(66-38-22-30-62-28-2-4-32-64(62)66)40-24-42-74(78)95(73)96-75-43-25-57-89(99-91-53-17-13-49-85(91)97(86-50-14-18-54-92(86)99)81-45-9-5-33-69(81)70-34-6-10-46-82(70)97)79(75)60-80-76(96)44-26-58-90(80)100-93-55-19-15-51-87(93)98(88-52-16-20-56-94(88)100)83-47-11-7-35-71(83)72-36-8-12-48-84(72)98/h1-60H. The van der Waals surface area contributed by atoms with E-state index in [1.165, 1.54) is 154 Å². The largest absolute Gasteiger partial charge is 0.309 e. The highest BCUT2D eigenvalue weighted by Crippen LogP contribution is 2.67. The molecule has 0 atom stereocenters. The second-order valence-electron chi connectivity index (χ2n) is 27.5. The van der Waals surface area contributed by atoms with Gasteiger partial charge in [-0.05, 0) is 203 Å². The molecule has 18 aromatic carbocycles. The van der Waals surface area contributed by atoms with Crippen molar-refractivity contribution in [2.45, 2.75) is 10.8 Å². The minimum atomic E-state index is -0.579. The fraction of sp³-hybridized carbons (Fsp3) is 0.0204. The Balaban J connectivity index is 0.895. The van der Waals surface area contributed by atoms with Crippen molar-refractivity contribution >= 4 is 98.8 Å². The van der Waals surface area contributed by atoms with Crippen molar-refractivity contribution in [3.05, 3.63) is 408 Å². The molecule has 2 spiro atoms. The molecular weight excluding hydrogens is 1210 g/mol. The van der Waals surface area contributed by atoms with Crippen molar-refractivity contribution in [3.63, 3.8) is 0 Å². The maximum absolute atomic E-state index is 2.61. The van der Waals surface area contributed by atoms with E-state index in [-0.39, 0.29) is 0 Å². The predicted octanol–water partition coefficient (Wildman–Crippen LogP) is 25.9. The van der Waals surface area contributed by atoms with E-state index in [4.69, 9.17) is 0 Å². The Bertz CT molecular complexity index is 6000. The summed E-state index contributed by atoms with van der Waals surface area (Å²) in [5, 5.41) is 14.3. The summed E-state index contributed by atoms with van der Waals surface area (Å²) >= 11 is 0. The van der Waals surface area contributed by atoms with Crippen molar-refractivity contribution in [1.29, 1.82) is 0 Å². The minimum Gasteiger partial charge on any atom is -0.309 e. The molecule has 2 aliphatic carbocycles. The number of nitrogens with zero attached hydrogens (tertiary/aromatic N) is 2. The summed E-state index contributed by atoms with van der Waals surface area (Å²) in [4.78, 5) is 5.23. The molecule has 0 saturated carbocycles. The van der Waals surface area contributed by atoms with E-state index in [1.54, 1.807) is 0 Å². The van der Waals surface area contributed by atoms with E-state index < -0.39 is 10.8 Å². The Morgan fingerprint density at radius 2 is 0.370 bits per heavy atom. The van der Waals surface area contributed by atoms with Gasteiger partial charge in [-0.3, -0.25) is 0 Å². The molecule has 0 amide bonds. The molecular formula is C98H60N2. The van der Waals surface area contributed by atoms with E-state index in [9.17, 15) is 0 Å². The molecule has 0 fully saturated rings. The van der Waals surface area contributed by atoms with Gasteiger partial charge < -0.3 is 9.80 Å². The first-order valence-corrected chi connectivity index (χ1v) is 35.0. The van der Waals surface area contributed by atoms with Gasteiger partial charge in [0.2, 0.25) is 0 Å². The number of fused-ring (bicyclic) bond motifs is 24. The molecule has 22 rings (SSSR count). The summed E-state index contributed by atoms with van der Waals surface area (Å²) in [7, 11) is 0. The second kappa shape index (κ2) is 20.8. The third-order valence-electron chi connectivity index (χ3n) is 23.0. The van der Waals surface area contributed by atoms with Gasteiger partial charge in [0, 0.05) is 10.8 Å². The zero-order chi connectivity index (χ0) is 65.4. The summed E-state index contributed by atoms with van der Waals surface area (Å²) < 4.78 is 0. The van der Waals surface area contributed by atoms with Gasteiger partial charge in [0.1, 0.15) is 0 Å². The number of hydrogen-bond donors (Lipinski definition) is 0. The zero-order valence-corrected chi connectivity index (χ0v) is 54.5. The Morgan fingerprint density at radius 3 is 0.730 bits per heavy atom. The maximum atomic E-state index is 2.61. The SMILES string of the molecule is c1ccc2c(c1)-c1ccccc1C21c2ccccc2N(c2cccc3c(-c4c5cccc(-c6cccc7ccccc67)c5cc5c(-c6cccc7ccccc67)cccc45)c4cccc(N5c6ccccc6C6(c7ccccc7-c7ccccc76)c6ccccc65)c4cc23)c2ccccc21. The smallest absolute Gasteiger partial charge is 0.0754 e. The van der Waals surface area contributed by atoms with Crippen LogP contribution in [-0.2, 0) is 10.8 Å². The summed E-state index contributed by atoms with van der Waals surface area (Å²) in [5.74, 6) is 0. The van der Waals surface area contributed by atoms with Crippen LogP contribution in [0.2, 0.25) is 0 Å². The van der Waals surface area contributed by atoms with Crippen LogP contribution in [0.25, 0.3) is 120 Å². The molecule has 0 aromatic heterocycles. The van der Waals surface area contributed by atoms with Crippen LogP contribution < -0.4 is 9.80 Å². The molecule has 0 saturated heterocycles. The van der Waals surface area contributed by atoms with Gasteiger partial charge in [0.15, 0.2) is 0 Å². The van der Waals surface area contributed by atoms with Crippen LogP contribution in [0.3, 0.4) is 0 Å². The third kappa shape index (κ3) is 7.21. The average molecular weight is 1270 g/mol. The van der Waals surface area contributed by atoms with Crippen molar-refractivity contribution in [1.82, 2.24) is 0 Å². The van der Waals surface area contributed by atoms with Gasteiger partial charge in [-0.15, -0.1) is 0 Å². The van der Waals surface area contributed by atoms with E-state index in [0.717, 1.165) is 44.9 Å². The fourth-order valence-electron chi connectivity index (χ4n) is 19.3. The Hall–Kier alpha value is -12.9.